The molecular formula is C13H15O4. The topological polar surface area (TPSA) is 52.6 Å². The number of carbonyl (C=O) groups is 1. The Bertz CT molecular complexity index is 370. The van der Waals surface area contributed by atoms with Crippen molar-refractivity contribution in [1.29, 1.82) is 0 Å². The number of esters is 1. The molecule has 4 nitrogen and oxygen atoms in total. The minimum Gasteiger partial charge on any atom is -0.461 e. The zero-order valence-electron chi connectivity index (χ0n) is 9.93. The Balaban J connectivity index is 2.38. The largest absolute Gasteiger partial charge is 0.461 e. The Labute approximate surface area is 101 Å². The molecule has 0 aliphatic heterocycles. The van der Waals surface area contributed by atoms with E-state index in [-0.39, 0.29) is 13.0 Å². The lowest BCUT2D eigenvalue weighted by atomic mass is 10.1. The molecule has 4 heteroatoms. The third-order valence-corrected chi connectivity index (χ3v) is 2.13. The molecule has 17 heavy (non-hydrogen) atoms. The lowest BCUT2D eigenvalue weighted by Crippen LogP contribution is -2.28. The summed E-state index contributed by atoms with van der Waals surface area (Å²) in [6.07, 6.45) is 0.00900. The van der Waals surface area contributed by atoms with E-state index in [0.717, 1.165) is 5.56 Å². The van der Waals surface area contributed by atoms with E-state index in [2.05, 4.69) is 4.74 Å². The number of ether oxygens (including phenoxy) is 2. The Morgan fingerprint density at radius 1 is 1.29 bits per heavy atom. The molecule has 0 heterocycles. The van der Waals surface area contributed by atoms with E-state index in [9.17, 15) is 9.59 Å². The van der Waals surface area contributed by atoms with Gasteiger partial charge in [0.1, 0.15) is 12.2 Å². The van der Waals surface area contributed by atoms with Gasteiger partial charge in [-0.1, -0.05) is 30.3 Å². The van der Waals surface area contributed by atoms with E-state index < -0.39 is 11.6 Å². The summed E-state index contributed by atoms with van der Waals surface area (Å²) in [6, 6.07) is 9.37. The molecule has 0 unspecified atom stereocenters. The third kappa shape index (κ3) is 5.15. The summed E-state index contributed by atoms with van der Waals surface area (Å²) >= 11 is 0. The van der Waals surface area contributed by atoms with Crippen molar-refractivity contribution in [1.82, 2.24) is 0 Å². The van der Waals surface area contributed by atoms with Gasteiger partial charge in [-0.2, -0.15) is 0 Å². The van der Waals surface area contributed by atoms with Gasteiger partial charge in [-0.25, -0.2) is 4.79 Å². The van der Waals surface area contributed by atoms with Crippen LogP contribution in [0.2, 0.25) is 0 Å². The molecule has 1 aromatic rings. The number of rotatable bonds is 6. The average molecular weight is 235 g/mol. The van der Waals surface area contributed by atoms with E-state index in [0.29, 0.717) is 0 Å². The van der Waals surface area contributed by atoms with Gasteiger partial charge in [0, 0.05) is 0 Å². The smallest absolute Gasteiger partial charge is 0.418 e. The monoisotopic (exact) mass is 235 g/mol. The average Bonchev–Trinajstić information content (AvgIpc) is 2.27. The predicted molar refractivity (Wildman–Crippen MR) is 61.7 cm³/mol. The van der Waals surface area contributed by atoms with Crippen LogP contribution in [-0.4, -0.2) is 18.0 Å². The Morgan fingerprint density at radius 2 is 1.94 bits per heavy atom. The van der Waals surface area contributed by atoms with Gasteiger partial charge in [0.15, 0.2) is 0 Å². The second-order valence-electron chi connectivity index (χ2n) is 4.27. The molecular weight excluding hydrogens is 220 g/mol. The molecule has 1 rings (SSSR count). The second-order valence-corrected chi connectivity index (χ2v) is 4.27. The third-order valence-electron chi connectivity index (χ3n) is 2.13. The van der Waals surface area contributed by atoms with Crippen molar-refractivity contribution < 1.29 is 19.1 Å². The highest BCUT2D eigenvalue weighted by Crippen LogP contribution is 2.14. The van der Waals surface area contributed by atoms with Crippen molar-refractivity contribution in [3.05, 3.63) is 35.9 Å². The van der Waals surface area contributed by atoms with Crippen LogP contribution in [0.25, 0.3) is 0 Å². The highest BCUT2D eigenvalue weighted by Gasteiger charge is 2.24. The van der Waals surface area contributed by atoms with Gasteiger partial charge in [0.05, 0.1) is 6.42 Å². The van der Waals surface area contributed by atoms with Gasteiger partial charge in [0.2, 0.25) is 0 Å². The fraction of sp³-hybridized carbons (Fsp3) is 0.385. The van der Waals surface area contributed by atoms with Crippen LogP contribution in [0.1, 0.15) is 25.8 Å². The predicted octanol–water partition coefficient (Wildman–Crippen LogP) is 1.98. The van der Waals surface area contributed by atoms with Crippen LogP contribution in [0.5, 0.6) is 0 Å². The SMILES string of the molecule is CC(C)(CC(=O)OCc1ccccc1)O[C]=O. The van der Waals surface area contributed by atoms with E-state index in [4.69, 9.17) is 4.74 Å². The first-order valence-corrected chi connectivity index (χ1v) is 5.28. The van der Waals surface area contributed by atoms with E-state index in [1.54, 1.807) is 13.8 Å². The van der Waals surface area contributed by atoms with Crippen LogP contribution in [0.15, 0.2) is 30.3 Å². The molecule has 1 radical (unpaired) electrons. The zero-order valence-corrected chi connectivity index (χ0v) is 9.93. The molecule has 1 aromatic carbocycles. The normalized spacial score (nSPS) is 10.7. The number of hydrogen-bond donors (Lipinski definition) is 0. The molecule has 91 valence electrons. The molecule has 0 amide bonds. The summed E-state index contributed by atoms with van der Waals surface area (Å²) in [5, 5.41) is 0. The first kappa shape index (κ1) is 13.2. The second kappa shape index (κ2) is 6.03. The molecule has 0 saturated heterocycles. The van der Waals surface area contributed by atoms with Crippen LogP contribution in [0.4, 0.5) is 0 Å². The maximum Gasteiger partial charge on any atom is 0.418 e. The molecule has 0 aliphatic rings. The molecule has 0 atom stereocenters. The molecule has 0 N–H and O–H groups in total. The summed E-state index contributed by atoms with van der Waals surface area (Å²) in [7, 11) is 0. The van der Waals surface area contributed by atoms with Crippen LogP contribution >= 0.6 is 0 Å². The Kier molecular flexibility index (Phi) is 4.69. The van der Waals surface area contributed by atoms with Crippen molar-refractivity contribution in [2.45, 2.75) is 32.5 Å². The number of hydrogen-bond acceptors (Lipinski definition) is 4. The van der Waals surface area contributed by atoms with Gasteiger partial charge in [-0.15, -0.1) is 0 Å². The molecule has 0 saturated carbocycles. The number of benzene rings is 1. The van der Waals surface area contributed by atoms with E-state index in [1.165, 1.54) is 6.47 Å². The summed E-state index contributed by atoms with van der Waals surface area (Å²) in [4.78, 5) is 21.6. The van der Waals surface area contributed by atoms with E-state index in [1.807, 2.05) is 30.3 Å². The first-order valence-electron chi connectivity index (χ1n) is 5.28. The summed E-state index contributed by atoms with van der Waals surface area (Å²) in [6.45, 7) is 4.81. The molecule has 0 spiro atoms. The first-order chi connectivity index (χ1) is 8.03. The summed E-state index contributed by atoms with van der Waals surface area (Å²) < 4.78 is 9.71. The molecule has 0 aliphatic carbocycles. The summed E-state index contributed by atoms with van der Waals surface area (Å²) in [5.41, 5.74) is 0.0386. The summed E-state index contributed by atoms with van der Waals surface area (Å²) in [5.74, 6) is -0.408. The van der Waals surface area contributed by atoms with Crippen molar-refractivity contribution in [2.75, 3.05) is 0 Å². The van der Waals surface area contributed by atoms with Gasteiger partial charge < -0.3 is 9.47 Å². The van der Waals surface area contributed by atoms with Crippen molar-refractivity contribution in [2.24, 2.45) is 0 Å². The van der Waals surface area contributed by atoms with Gasteiger partial charge in [-0.05, 0) is 19.4 Å². The minimum atomic E-state index is -0.879. The number of carbonyl (C=O) groups excluding carboxylic acids is 2. The van der Waals surface area contributed by atoms with Crippen LogP contribution in [-0.2, 0) is 25.7 Å². The van der Waals surface area contributed by atoms with E-state index >= 15 is 0 Å². The van der Waals surface area contributed by atoms with Crippen molar-refractivity contribution in [3.8, 4) is 0 Å². The van der Waals surface area contributed by atoms with Crippen LogP contribution in [0, 0.1) is 0 Å². The zero-order chi connectivity index (χ0) is 12.7. The fourth-order valence-electron chi connectivity index (χ4n) is 1.29. The van der Waals surface area contributed by atoms with Crippen molar-refractivity contribution >= 4 is 12.4 Å². The van der Waals surface area contributed by atoms with Crippen LogP contribution in [0.3, 0.4) is 0 Å². The van der Waals surface area contributed by atoms with Gasteiger partial charge in [0.25, 0.3) is 0 Å². The Hall–Kier alpha value is -1.84. The van der Waals surface area contributed by atoms with Gasteiger partial charge in [-0.3, -0.25) is 4.79 Å². The Morgan fingerprint density at radius 3 is 2.53 bits per heavy atom. The molecule has 0 fully saturated rings. The standard InChI is InChI=1S/C13H15O4/c1-13(2,17-10-14)8-12(15)16-9-11-6-4-3-5-7-11/h3-7H,8-9H2,1-2H3. The maximum absolute atomic E-state index is 11.5. The lowest BCUT2D eigenvalue weighted by Gasteiger charge is -2.20. The highest BCUT2D eigenvalue weighted by atomic mass is 16.6. The fourth-order valence-corrected chi connectivity index (χ4v) is 1.29. The van der Waals surface area contributed by atoms with Crippen molar-refractivity contribution in [3.63, 3.8) is 0 Å². The van der Waals surface area contributed by atoms with Gasteiger partial charge >= 0.3 is 12.4 Å². The quantitative estimate of drug-likeness (QED) is 0.707. The van der Waals surface area contributed by atoms with Crippen LogP contribution < -0.4 is 0 Å². The minimum absolute atomic E-state index is 0.00900. The molecule has 0 aromatic heterocycles. The molecule has 0 bridgehead atoms. The lowest BCUT2D eigenvalue weighted by molar-refractivity contribution is -0.148. The maximum atomic E-state index is 11.5. The highest BCUT2D eigenvalue weighted by molar-refractivity contribution is 5.70.